The van der Waals surface area contributed by atoms with Crippen molar-refractivity contribution < 1.29 is 4.74 Å². The van der Waals surface area contributed by atoms with Crippen LogP contribution in [0.25, 0.3) is 0 Å². The number of anilines is 1. The Hall–Kier alpha value is -1.32. The molecule has 0 radical (unpaired) electrons. The van der Waals surface area contributed by atoms with Crippen molar-refractivity contribution in [2.45, 2.75) is 39.7 Å². The third kappa shape index (κ3) is 3.73. The quantitative estimate of drug-likeness (QED) is 0.809. The molecule has 84 valence electrons. The van der Waals surface area contributed by atoms with Gasteiger partial charge in [-0.05, 0) is 27.2 Å². The van der Waals surface area contributed by atoms with Crippen molar-refractivity contribution in [3.63, 3.8) is 0 Å². The van der Waals surface area contributed by atoms with E-state index in [1.54, 1.807) is 12.3 Å². The molecular weight excluding hydrogens is 190 g/mol. The van der Waals surface area contributed by atoms with Crippen LogP contribution >= 0.6 is 0 Å². The smallest absolute Gasteiger partial charge is 0.225 e. The molecule has 1 N–H and O–H groups in total. The van der Waals surface area contributed by atoms with Gasteiger partial charge in [0.15, 0.2) is 0 Å². The summed E-state index contributed by atoms with van der Waals surface area (Å²) in [6, 6.07) is 1.78. The van der Waals surface area contributed by atoms with Crippen molar-refractivity contribution >= 4 is 5.95 Å². The highest BCUT2D eigenvalue weighted by Gasteiger charge is 2.17. The average molecular weight is 209 g/mol. The van der Waals surface area contributed by atoms with Gasteiger partial charge in [-0.2, -0.15) is 4.98 Å². The minimum absolute atomic E-state index is 0.183. The molecule has 4 heteroatoms. The molecule has 1 rings (SSSR count). The zero-order valence-electron chi connectivity index (χ0n) is 9.87. The maximum absolute atomic E-state index is 5.75. The van der Waals surface area contributed by atoms with Crippen molar-refractivity contribution in [2.24, 2.45) is 0 Å². The molecule has 15 heavy (non-hydrogen) atoms. The fraction of sp³-hybridized carbons (Fsp3) is 0.636. The predicted molar refractivity (Wildman–Crippen MR) is 61.2 cm³/mol. The van der Waals surface area contributed by atoms with Crippen molar-refractivity contribution in [2.75, 3.05) is 11.9 Å². The van der Waals surface area contributed by atoms with Crippen LogP contribution in [0.1, 0.15) is 34.1 Å². The summed E-state index contributed by atoms with van der Waals surface area (Å²) in [5.41, 5.74) is -0.183. The molecule has 1 aromatic heterocycles. The first-order valence-electron chi connectivity index (χ1n) is 5.33. The SMILES string of the molecule is CCNc1nccc(OC(C)(C)CC)n1. The first-order valence-corrected chi connectivity index (χ1v) is 5.33. The zero-order valence-corrected chi connectivity index (χ0v) is 9.87. The lowest BCUT2D eigenvalue weighted by molar-refractivity contribution is 0.0990. The van der Waals surface area contributed by atoms with Gasteiger partial charge in [0.2, 0.25) is 11.8 Å². The molecule has 1 heterocycles. The zero-order chi connectivity index (χ0) is 11.3. The predicted octanol–water partition coefficient (Wildman–Crippen LogP) is 2.48. The third-order valence-electron chi connectivity index (χ3n) is 2.20. The van der Waals surface area contributed by atoms with Gasteiger partial charge in [0.1, 0.15) is 5.60 Å². The van der Waals surface area contributed by atoms with Crippen LogP contribution in [0, 0.1) is 0 Å². The number of nitrogens with zero attached hydrogens (tertiary/aromatic N) is 2. The highest BCUT2D eigenvalue weighted by molar-refractivity contribution is 5.27. The molecule has 0 saturated heterocycles. The Morgan fingerprint density at radius 2 is 2.13 bits per heavy atom. The van der Waals surface area contributed by atoms with E-state index in [9.17, 15) is 0 Å². The molecule has 1 aromatic rings. The van der Waals surface area contributed by atoms with Crippen LogP contribution in [0.4, 0.5) is 5.95 Å². The van der Waals surface area contributed by atoms with E-state index in [-0.39, 0.29) is 5.60 Å². The van der Waals surface area contributed by atoms with Gasteiger partial charge in [0.05, 0.1) is 0 Å². The van der Waals surface area contributed by atoms with Crippen LogP contribution in [0.2, 0.25) is 0 Å². The molecule has 0 saturated carbocycles. The van der Waals surface area contributed by atoms with Gasteiger partial charge >= 0.3 is 0 Å². The van der Waals surface area contributed by atoms with Gasteiger partial charge in [-0.3, -0.25) is 0 Å². The lowest BCUT2D eigenvalue weighted by atomic mass is 10.1. The Morgan fingerprint density at radius 3 is 2.73 bits per heavy atom. The van der Waals surface area contributed by atoms with E-state index in [1.165, 1.54) is 0 Å². The monoisotopic (exact) mass is 209 g/mol. The maximum Gasteiger partial charge on any atom is 0.225 e. The first kappa shape index (κ1) is 11.8. The normalized spacial score (nSPS) is 11.2. The number of nitrogens with one attached hydrogen (secondary N) is 1. The van der Waals surface area contributed by atoms with Crippen LogP contribution in [0.15, 0.2) is 12.3 Å². The molecule has 0 spiro atoms. The second-order valence-corrected chi connectivity index (χ2v) is 3.96. The van der Waals surface area contributed by atoms with Crippen molar-refractivity contribution in [1.29, 1.82) is 0 Å². The number of hydrogen-bond acceptors (Lipinski definition) is 4. The van der Waals surface area contributed by atoms with Crippen LogP contribution in [-0.2, 0) is 0 Å². The van der Waals surface area contributed by atoms with E-state index < -0.39 is 0 Å². The van der Waals surface area contributed by atoms with Gasteiger partial charge in [-0.25, -0.2) is 4.98 Å². The minimum atomic E-state index is -0.183. The van der Waals surface area contributed by atoms with Crippen LogP contribution in [-0.4, -0.2) is 22.1 Å². The summed E-state index contributed by atoms with van der Waals surface area (Å²) in [5, 5.41) is 3.05. The average Bonchev–Trinajstić information content (AvgIpc) is 2.18. The van der Waals surface area contributed by atoms with E-state index in [1.807, 2.05) is 20.8 Å². The van der Waals surface area contributed by atoms with E-state index >= 15 is 0 Å². The topological polar surface area (TPSA) is 47.0 Å². The number of hydrogen-bond donors (Lipinski definition) is 1. The molecule has 0 bridgehead atoms. The second kappa shape index (κ2) is 4.96. The Kier molecular flexibility index (Phi) is 3.88. The summed E-state index contributed by atoms with van der Waals surface area (Å²) < 4.78 is 5.75. The van der Waals surface area contributed by atoms with Crippen LogP contribution in [0.5, 0.6) is 5.88 Å². The molecule has 0 aliphatic rings. The van der Waals surface area contributed by atoms with Gasteiger partial charge in [0, 0.05) is 18.8 Å². The molecule has 0 aromatic carbocycles. The van der Waals surface area contributed by atoms with Crippen molar-refractivity contribution in [3.05, 3.63) is 12.3 Å². The molecule has 0 unspecified atom stereocenters. The Balaban J connectivity index is 2.73. The van der Waals surface area contributed by atoms with Crippen molar-refractivity contribution in [3.8, 4) is 5.88 Å². The van der Waals surface area contributed by atoms with E-state index in [4.69, 9.17) is 4.74 Å². The highest BCUT2D eigenvalue weighted by atomic mass is 16.5. The summed E-state index contributed by atoms with van der Waals surface area (Å²) in [5.74, 6) is 1.23. The molecular formula is C11H19N3O. The Morgan fingerprint density at radius 1 is 1.40 bits per heavy atom. The Bertz CT molecular complexity index is 312. The third-order valence-corrected chi connectivity index (χ3v) is 2.20. The van der Waals surface area contributed by atoms with Gasteiger partial charge < -0.3 is 10.1 Å². The largest absolute Gasteiger partial charge is 0.472 e. The van der Waals surface area contributed by atoms with Crippen molar-refractivity contribution in [1.82, 2.24) is 9.97 Å². The number of aromatic nitrogens is 2. The lowest BCUT2D eigenvalue weighted by Crippen LogP contribution is -2.27. The maximum atomic E-state index is 5.75. The van der Waals surface area contributed by atoms with Crippen LogP contribution < -0.4 is 10.1 Å². The summed E-state index contributed by atoms with van der Waals surface area (Å²) in [6.07, 6.45) is 2.64. The summed E-state index contributed by atoms with van der Waals surface area (Å²) in [7, 11) is 0. The minimum Gasteiger partial charge on any atom is -0.472 e. The number of rotatable bonds is 5. The fourth-order valence-electron chi connectivity index (χ4n) is 0.998. The second-order valence-electron chi connectivity index (χ2n) is 3.96. The highest BCUT2D eigenvalue weighted by Crippen LogP contribution is 2.18. The van der Waals surface area contributed by atoms with E-state index in [0.717, 1.165) is 13.0 Å². The van der Waals surface area contributed by atoms with Gasteiger partial charge in [0.25, 0.3) is 0 Å². The molecule has 0 atom stereocenters. The fourth-order valence-corrected chi connectivity index (χ4v) is 0.998. The van der Waals surface area contributed by atoms with Gasteiger partial charge in [-0.15, -0.1) is 0 Å². The molecule has 4 nitrogen and oxygen atoms in total. The molecule has 0 aliphatic heterocycles. The first-order chi connectivity index (χ1) is 7.07. The number of ether oxygens (including phenoxy) is 1. The van der Waals surface area contributed by atoms with E-state index in [0.29, 0.717) is 11.8 Å². The van der Waals surface area contributed by atoms with E-state index in [2.05, 4.69) is 22.2 Å². The van der Waals surface area contributed by atoms with Gasteiger partial charge in [-0.1, -0.05) is 6.92 Å². The Labute approximate surface area is 91.1 Å². The summed E-state index contributed by atoms with van der Waals surface area (Å²) >= 11 is 0. The van der Waals surface area contributed by atoms with Crippen LogP contribution in [0.3, 0.4) is 0 Å². The standard InChI is InChI=1S/C11H19N3O/c1-5-11(3,4)15-9-7-8-13-10(14-9)12-6-2/h7-8H,5-6H2,1-4H3,(H,12,13,14). The molecule has 0 amide bonds. The lowest BCUT2D eigenvalue weighted by Gasteiger charge is -2.23. The molecule has 0 aliphatic carbocycles. The molecule has 0 fully saturated rings. The summed E-state index contributed by atoms with van der Waals surface area (Å²) in [6.45, 7) is 8.99. The summed E-state index contributed by atoms with van der Waals surface area (Å²) in [4.78, 5) is 8.33.